The smallest absolute Gasteiger partial charge is 0.242 e. The molecule has 1 amide bonds. The maximum atomic E-state index is 12.1. The van der Waals surface area contributed by atoms with Crippen LogP contribution in [0.2, 0.25) is 0 Å². The minimum Gasteiger partial charge on any atom is -0.488 e. The molecule has 1 aromatic heterocycles. The number of para-hydroxylation sites is 1. The molecule has 1 aliphatic heterocycles. The van der Waals surface area contributed by atoms with Crippen LogP contribution in [0, 0.1) is 0 Å². The molecule has 1 N–H and O–H groups in total. The second kappa shape index (κ2) is 5.99. The predicted molar refractivity (Wildman–Crippen MR) is 79.1 cm³/mol. The first-order chi connectivity index (χ1) is 10.2. The number of fused-ring (bicyclic) bond motifs is 1. The van der Waals surface area contributed by atoms with Gasteiger partial charge in [-0.05, 0) is 31.4 Å². The van der Waals surface area contributed by atoms with Crippen LogP contribution in [0.25, 0.3) is 0 Å². The molecule has 5 nitrogen and oxygen atoms in total. The van der Waals surface area contributed by atoms with E-state index in [9.17, 15) is 4.79 Å². The number of rotatable bonds is 4. The number of aromatic nitrogens is 2. The van der Waals surface area contributed by atoms with Gasteiger partial charge in [0.05, 0.1) is 12.9 Å². The van der Waals surface area contributed by atoms with Crippen LogP contribution in [-0.2, 0) is 11.2 Å². The number of imidazole rings is 1. The van der Waals surface area contributed by atoms with Crippen molar-refractivity contribution in [2.75, 3.05) is 6.54 Å². The molecule has 110 valence electrons. The van der Waals surface area contributed by atoms with Gasteiger partial charge in [0.15, 0.2) is 0 Å². The van der Waals surface area contributed by atoms with Gasteiger partial charge < -0.3 is 14.6 Å². The lowest BCUT2D eigenvalue weighted by Gasteiger charge is -2.26. The van der Waals surface area contributed by atoms with Gasteiger partial charge in [-0.3, -0.25) is 4.79 Å². The summed E-state index contributed by atoms with van der Waals surface area (Å²) in [5.41, 5.74) is 1.24. The first-order valence-electron chi connectivity index (χ1n) is 7.24. The summed E-state index contributed by atoms with van der Waals surface area (Å²) in [4.78, 5) is 16.1. The van der Waals surface area contributed by atoms with Gasteiger partial charge in [0.25, 0.3) is 0 Å². The third kappa shape index (κ3) is 3.07. The Kier molecular flexibility index (Phi) is 3.90. The lowest BCUT2D eigenvalue weighted by atomic mass is 10.0. The van der Waals surface area contributed by atoms with E-state index in [1.165, 1.54) is 5.56 Å². The van der Waals surface area contributed by atoms with Crippen LogP contribution < -0.4 is 10.1 Å². The average Bonchev–Trinajstić information content (AvgIpc) is 3.06. The van der Waals surface area contributed by atoms with Crippen molar-refractivity contribution in [2.24, 2.45) is 0 Å². The number of nitrogens with zero attached hydrogens (tertiary/aromatic N) is 2. The van der Waals surface area contributed by atoms with E-state index in [0.29, 0.717) is 6.54 Å². The van der Waals surface area contributed by atoms with Crippen molar-refractivity contribution in [3.8, 4) is 5.75 Å². The van der Waals surface area contributed by atoms with Crippen molar-refractivity contribution < 1.29 is 9.53 Å². The summed E-state index contributed by atoms with van der Waals surface area (Å²) < 4.78 is 7.70. The Morgan fingerprint density at radius 2 is 2.38 bits per heavy atom. The van der Waals surface area contributed by atoms with Crippen LogP contribution in [-0.4, -0.2) is 28.1 Å². The second-order valence-corrected chi connectivity index (χ2v) is 5.32. The SMILES string of the molecule is CC(C(=O)NC[C@H]1CCc2ccccc2O1)n1ccnc1. The normalized spacial score (nSPS) is 18.4. The molecule has 0 saturated heterocycles. The van der Waals surface area contributed by atoms with E-state index >= 15 is 0 Å². The number of carbonyl (C=O) groups is 1. The van der Waals surface area contributed by atoms with Crippen LogP contribution in [0.15, 0.2) is 43.0 Å². The average molecular weight is 285 g/mol. The summed E-state index contributed by atoms with van der Waals surface area (Å²) >= 11 is 0. The highest BCUT2D eigenvalue weighted by molar-refractivity contribution is 5.79. The van der Waals surface area contributed by atoms with Gasteiger partial charge in [0.1, 0.15) is 17.9 Å². The summed E-state index contributed by atoms with van der Waals surface area (Å²) in [5.74, 6) is 0.918. The number of hydrogen-bond donors (Lipinski definition) is 1. The first-order valence-corrected chi connectivity index (χ1v) is 7.24. The molecule has 2 atom stereocenters. The molecular weight excluding hydrogens is 266 g/mol. The lowest BCUT2D eigenvalue weighted by molar-refractivity contribution is -0.124. The Balaban J connectivity index is 1.53. The zero-order valence-corrected chi connectivity index (χ0v) is 12.0. The maximum Gasteiger partial charge on any atom is 0.242 e. The van der Waals surface area contributed by atoms with Crippen molar-refractivity contribution in [3.63, 3.8) is 0 Å². The van der Waals surface area contributed by atoms with Crippen molar-refractivity contribution in [1.29, 1.82) is 0 Å². The van der Waals surface area contributed by atoms with Crippen LogP contribution in [0.1, 0.15) is 24.9 Å². The molecule has 0 spiro atoms. The lowest BCUT2D eigenvalue weighted by Crippen LogP contribution is -2.39. The van der Waals surface area contributed by atoms with E-state index in [-0.39, 0.29) is 18.1 Å². The fourth-order valence-corrected chi connectivity index (χ4v) is 2.52. The molecule has 5 heteroatoms. The first kappa shape index (κ1) is 13.7. The number of benzene rings is 1. The summed E-state index contributed by atoms with van der Waals surface area (Å²) in [6.07, 6.45) is 7.07. The molecular formula is C16H19N3O2. The molecule has 0 bridgehead atoms. The van der Waals surface area contributed by atoms with Gasteiger partial charge in [-0.2, -0.15) is 0 Å². The van der Waals surface area contributed by atoms with Crippen LogP contribution >= 0.6 is 0 Å². The minimum atomic E-state index is -0.261. The van der Waals surface area contributed by atoms with Gasteiger partial charge in [-0.25, -0.2) is 4.98 Å². The van der Waals surface area contributed by atoms with Crippen LogP contribution in [0.4, 0.5) is 0 Å². The Hall–Kier alpha value is -2.30. The molecule has 1 unspecified atom stereocenters. The molecule has 1 aliphatic rings. The zero-order valence-electron chi connectivity index (χ0n) is 12.0. The third-order valence-electron chi connectivity index (χ3n) is 3.86. The highest BCUT2D eigenvalue weighted by Crippen LogP contribution is 2.26. The van der Waals surface area contributed by atoms with Gasteiger partial charge in [-0.1, -0.05) is 18.2 Å². The summed E-state index contributed by atoms with van der Waals surface area (Å²) in [5, 5.41) is 2.96. The topological polar surface area (TPSA) is 56.1 Å². The summed E-state index contributed by atoms with van der Waals surface area (Å²) in [6.45, 7) is 2.39. The Labute approximate surface area is 124 Å². The van der Waals surface area contributed by atoms with Crippen molar-refractivity contribution in [1.82, 2.24) is 14.9 Å². The molecule has 0 radical (unpaired) electrons. The third-order valence-corrected chi connectivity index (χ3v) is 3.86. The molecule has 21 heavy (non-hydrogen) atoms. The van der Waals surface area contributed by atoms with Crippen molar-refractivity contribution in [2.45, 2.75) is 31.9 Å². The van der Waals surface area contributed by atoms with E-state index in [0.717, 1.165) is 18.6 Å². The Bertz CT molecular complexity index is 610. The van der Waals surface area contributed by atoms with Gasteiger partial charge >= 0.3 is 0 Å². The van der Waals surface area contributed by atoms with E-state index in [2.05, 4.69) is 16.4 Å². The van der Waals surface area contributed by atoms with Gasteiger partial charge in [-0.15, -0.1) is 0 Å². The molecule has 1 aromatic carbocycles. The number of aryl methyl sites for hydroxylation is 1. The van der Waals surface area contributed by atoms with Crippen molar-refractivity contribution in [3.05, 3.63) is 48.5 Å². The second-order valence-electron chi connectivity index (χ2n) is 5.32. The molecule has 0 saturated carbocycles. The van der Waals surface area contributed by atoms with E-state index in [1.807, 2.05) is 25.1 Å². The predicted octanol–water partition coefficient (Wildman–Crippen LogP) is 1.95. The molecule has 2 heterocycles. The zero-order chi connectivity index (χ0) is 14.7. The Morgan fingerprint density at radius 1 is 1.52 bits per heavy atom. The van der Waals surface area contributed by atoms with E-state index in [4.69, 9.17) is 4.74 Å². The van der Waals surface area contributed by atoms with Crippen LogP contribution in [0.3, 0.4) is 0 Å². The fourth-order valence-electron chi connectivity index (χ4n) is 2.52. The highest BCUT2D eigenvalue weighted by Gasteiger charge is 2.21. The number of ether oxygens (including phenoxy) is 1. The van der Waals surface area contributed by atoms with E-state index in [1.54, 1.807) is 23.3 Å². The number of nitrogens with one attached hydrogen (secondary N) is 1. The van der Waals surface area contributed by atoms with Crippen LogP contribution in [0.5, 0.6) is 5.75 Å². The van der Waals surface area contributed by atoms with Crippen molar-refractivity contribution >= 4 is 5.91 Å². The largest absolute Gasteiger partial charge is 0.488 e. The van der Waals surface area contributed by atoms with E-state index < -0.39 is 0 Å². The Morgan fingerprint density at radius 3 is 3.19 bits per heavy atom. The minimum absolute atomic E-state index is 0.0181. The molecule has 0 aliphatic carbocycles. The summed E-state index contributed by atoms with van der Waals surface area (Å²) in [7, 11) is 0. The number of carbonyl (C=O) groups excluding carboxylic acids is 1. The maximum absolute atomic E-state index is 12.1. The fraction of sp³-hybridized carbons (Fsp3) is 0.375. The summed E-state index contributed by atoms with van der Waals surface area (Å²) in [6, 6.07) is 7.81. The molecule has 0 fully saturated rings. The number of amides is 1. The molecule has 2 aromatic rings. The quantitative estimate of drug-likeness (QED) is 0.934. The molecule has 3 rings (SSSR count). The standard InChI is InChI=1S/C16H19N3O2/c1-12(19-9-8-17-11-19)16(20)18-10-14-7-6-13-4-2-3-5-15(13)21-14/h2-5,8-9,11-12,14H,6-7,10H2,1H3,(H,18,20)/t12?,14-/m1/s1. The number of hydrogen-bond acceptors (Lipinski definition) is 3. The monoisotopic (exact) mass is 285 g/mol. The van der Waals surface area contributed by atoms with Gasteiger partial charge in [0.2, 0.25) is 5.91 Å². The van der Waals surface area contributed by atoms with Gasteiger partial charge in [0, 0.05) is 12.4 Å². The highest BCUT2D eigenvalue weighted by atomic mass is 16.5.